The van der Waals surface area contributed by atoms with Gasteiger partial charge >= 0.3 is 0 Å². The Labute approximate surface area is 108 Å². The smallest absolute Gasteiger partial charge is 0.226 e. The Morgan fingerprint density at radius 2 is 2.17 bits per heavy atom. The first-order chi connectivity index (χ1) is 8.66. The van der Waals surface area contributed by atoms with Crippen LogP contribution in [0.3, 0.4) is 0 Å². The number of carbonyl (C=O) groups is 1. The minimum atomic E-state index is 0.0374. The molecule has 1 aromatic rings. The van der Waals surface area contributed by atoms with Crippen molar-refractivity contribution in [3.8, 4) is 0 Å². The van der Waals surface area contributed by atoms with E-state index >= 15 is 0 Å². The van der Waals surface area contributed by atoms with Gasteiger partial charge in [-0.3, -0.25) is 4.79 Å². The molecule has 1 aliphatic heterocycles. The highest BCUT2D eigenvalue weighted by atomic mass is 16.5. The van der Waals surface area contributed by atoms with Crippen LogP contribution in [0, 0.1) is 13.8 Å². The number of aryl methyl sites for hydroxylation is 2. The summed E-state index contributed by atoms with van der Waals surface area (Å²) in [6.45, 7) is 6.17. The number of hydrogen-bond donors (Lipinski definition) is 2. The molecule has 0 radical (unpaired) electrons. The van der Waals surface area contributed by atoms with E-state index in [1.54, 1.807) is 0 Å². The van der Waals surface area contributed by atoms with Crippen LogP contribution < -0.4 is 10.6 Å². The lowest BCUT2D eigenvalue weighted by Gasteiger charge is -2.23. The molecular formula is C14H20N2O2. The van der Waals surface area contributed by atoms with E-state index in [9.17, 15) is 4.79 Å². The highest BCUT2D eigenvalue weighted by Crippen LogP contribution is 2.19. The van der Waals surface area contributed by atoms with Crippen LogP contribution in [0.15, 0.2) is 18.2 Å². The van der Waals surface area contributed by atoms with Gasteiger partial charge in [0.2, 0.25) is 5.91 Å². The molecule has 1 saturated heterocycles. The monoisotopic (exact) mass is 248 g/mol. The molecule has 0 bridgehead atoms. The molecule has 1 fully saturated rings. The van der Waals surface area contributed by atoms with Gasteiger partial charge in [0.25, 0.3) is 0 Å². The van der Waals surface area contributed by atoms with Crippen LogP contribution in [-0.2, 0) is 9.53 Å². The fourth-order valence-corrected chi connectivity index (χ4v) is 2.18. The number of nitrogens with one attached hydrogen (secondary N) is 2. The van der Waals surface area contributed by atoms with Crippen molar-refractivity contribution < 1.29 is 9.53 Å². The van der Waals surface area contributed by atoms with Crippen molar-refractivity contribution in [1.82, 2.24) is 5.32 Å². The van der Waals surface area contributed by atoms with Crippen molar-refractivity contribution in [3.05, 3.63) is 29.3 Å². The summed E-state index contributed by atoms with van der Waals surface area (Å²) < 4.78 is 5.34. The van der Waals surface area contributed by atoms with Crippen LogP contribution in [0.1, 0.15) is 17.5 Å². The molecule has 1 amide bonds. The molecule has 1 unspecified atom stereocenters. The molecule has 4 heteroatoms. The molecule has 18 heavy (non-hydrogen) atoms. The third kappa shape index (κ3) is 3.31. The fourth-order valence-electron chi connectivity index (χ4n) is 2.18. The Morgan fingerprint density at radius 1 is 1.44 bits per heavy atom. The van der Waals surface area contributed by atoms with Gasteiger partial charge in [-0.2, -0.15) is 0 Å². The van der Waals surface area contributed by atoms with Crippen molar-refractivity contribution in [2.45, 2.75) is 26.3 Å². The normalized spacial score (nSPS) is 19.6. The molecule has 1 aliphatic rings. The molecular weight excluding hydrogens is 228 g/mol. The highest BCUT2D eigenvalue weighted by Gasteiger charge is 2.17. The largest absolute Gasteiger partial charge is 0.378 e. The molecule has 2 rings (SSSR count). The second kappa shape index (κ2) is 5.98. The van der Waals surface area contributed by atoms with E-state index in [0.29, 0.717) is 13.0 Å². The Kier molecular flexibility index (Phi) is 4.33. The zero-order valence-electron chi connectivity index (χ0n) is 11.0. The summed E-state index contributed by atoms with van der Waals surface area (Å²) in [5.41, 5.74) is 3.12. The van der Waals surface area contributed by atoms with Gasteiger partial charge in [0.05, 0.1) is 13.2 Å². The van der Waals surface area contributed by atoms with Crippen LogP contribution >= 0.6 is 0 Å². The van der Waals surface area contributed by atoms with Gasteiger partial charge in [0.1, 0.15) is 0 Å². The second-order valence-corrected chi connectivity index (χ2v) is 4.75. The van der Waals surface area contributed by atoms with Gasteiger partial charge in [0.15, 0.2) is 0 Å². The quantitative estimate of drug-likeness (QED) is 0.854. The van der Waals surface area contributed by atoms with Crippen molar-refractivity contribution in [2.75, 3.05) is 25.1 Å². The molecule has 0 aliphatic carbocycles. The third-order valence-electron chi connectivity index (χ3n) is 3.18. The molecule has 2 N–H and O–H groups in total. The van der Waals surface area contributed by atoms with Crippen LogP contribution in [0.25, 0.3) is 0 Å². The number of rotatable bonds is 3. The van der Waals surface area contributed by atoms with Crippen molar-refractivity contribution in [2.24, 2.45) is 0 Å². The summed E-state index contributed by atoms with van der Waals surface area (Å²) in [4.78, 5) is 12.0. The fraction of sp³-hybridized carbons (Fsp3) is 0.500. The van der Waals surface area contributed by atoms with E-state index in [0.717, 1.165) is 30.0 Å². The van der Waals surface area contributed by atoms with E-state index < -0.39 is 0 Å². The SMILES string of the molecule is Cc1cccc(C)c1NC(=O)CC1COCCN1. The van der Waals surface area contributed by atoms with Crippen molar-refractivity contribution >= 4 is 11.6 Å². The predicted molar refractivity (Wildman–Crippen MR) is 71.8 cm³/mol. The van der Waals surface area contributed by atoms with Gasteiger partial charge in [-0.1, -0.05) is 18.2 Å². The first kappa shape index (κ1) is 13.1. The molecule has 1 aromatic carbocycles. The second-order valence-electron chi connectivity index (χ2n) is 4.75. The number of hydrogen-bond acceptors (Lipinski definition) is 3. The van der Waals surface area contributed by atoms with E-state index in [1.807, 2.05) is 32.0 Å². The maximum absolute atomic E-state index is 12.0. The zero-order valence-corrected chi connectivity index (χ0v) is 11.0. The van der Waals surface area contributed by atoms with E-state index in [2.05, 4.69) is 10.6 Å². The number of amides is 1. The van der Waals surface area contributed by atoms with Gasteiger partial charge in [-0.15, -0.1) is 0 Å². The number of morpholine rings is 1. The van der Waals surface area contributed by atoms with Gasteiger partial charge in [-0.05, 0) is 25.0 Å². The minimum Gasteiger partial charge on any atom is -0.378 e. The summed E-state index contributed by atoms with van der Waals surface area (Å²) in [5, 5.41) is 6.27. The molecule has 1 atom stereocenters. The number of carbonyl (C=O) groups excluding carboxylic acids is 1. The lowest BCUT2D eigenvalue weighted by molar-refractivity contribution is -0.117. The summed E-state index contributed by atoms with van der Waals surface area (Å²) in [5.74, 6) is 0.0374. The average molecular weight is 248 g/mol. The molecule has 0 aromatic heterocycles. The standard InChI is InChI=1S/C14H20N2O2/c1-10-4-3-5-11(2)14(10)16-13(17)8-12-9-18-7-6-15-12/h3-5,12,15H,6-9H2,1-2H3,(H,16,17). The Bertz CT molecular complexity index is 406. The minimum absolute atomic E-state index is 0.0374. The lowest BCUT2D eigenvalue weighted by Crippen LogP contribution is -2.43. The van der Waals surface area contributed by atoms with E-state index in [1.165, 1.54) is 0 Å². The maximum Gasteiger partial charge on any atom is 0.226 e. The van der Waals surface area contributed by atoms with E-state index in [-0.39, 0.29) is 11.9 Å². The Morgan fingerprint density at radius 3 is 2.78 bits per heavy atom. The van der Waals surface area contributed by atoms with E-state index in [4.69, 9.17) is 4.74 Å². The molecule has 98 valence electrons. The predicted octanol–water partition coefficient (Wildman–Crippen LogP) is 1.62. The van der Waals surface area contributed by atoms with Crippen LogP contribution in [0.2, 0.25) is 0 Å². The highest BCUT2D eigenvalue weighted by molar-refractivity contribution is 5.92. The lowest BCUT2D eigenvalue weighted by atomic mass is 10.1. The summed E-state index contributed by atoms with van der Waals surface area (Å²) >= 11 is 0. The third-order valence-corrected chi connectivity index (χ3v) is 3.18. The average Bonchev–Trinajstić information content (AvgIpc) is 2.35. The summed E-state index contributed by atoms with van der Waals surface area (Å²) in [6, 6.07) is 6.13. The first-order valence-electron chi connectivity index (χ1n) is 6.34. The van der Waals surface area contributed by atoms with Gasteiger partial charge in [-0.25, -0.2) is 0 Å². The van der Waals surface area contributed by atoms with Crippen molar-refractivity contribution in [1.29, 1.82) is 0 Å². The zero-order chi connectivity index (χ0) is 13.0. The number of ether oxygens (including phenoxy) is 1. The van der Waals surface area contributed by atoms with Crippen LogP contribution in [-0.4, -0.2) is 31.7 Å². The topological polar surface area (TPSA) is 50.4 Å². The Hall–Kier alpha value is -1.39. The van der Waals surface area contributed by atoms with Crippen molar-refractivity contribution in [3.63, 3.8) is 0 Å². The maximum atomic E-state index is 12.0. The first-order valence-corrected chi connectivity index (χ1v) is 6.34. The van der Waals surface area contributed by atoms with Crippen LogP contribution in [0.5, 0.6) is 0 Å². The molecule has 1 heterocycles. The molecule has 0 saturated carbocycles. The van der Waals surface area contributed by atoms with Gasteiger partial charge < -0.3 is 15.4 Å². The number of benzene rings is 1. The molecule has 0 spiro atoms. The molecule has 4 nitrogen and oxygen atoms in total. The van der Waals surface area contributed by atoms with Crippen LogP contribution in [0.4, 0.5) is 5.69 Å². The summed E-state index contributed by atoms with van der Waals surface area (Å²) in [7, 11) is 0. The number of para-hydroxylation sites is 1. The number of anilines is 1. The summed E-state index contributed by atoms with van der Waals surface area (Å²) in [6.07, 6.45) is 0.452. The Balaban J connectivity index is 1.94. The van der Waals surface area contributed by atoms with Gasteiger partial charge in [0, 0.05) is 24.7 Å².